The fourth-order valence-corrected chi connectivity index (χ4v) is 3.54. The first-order valence-electron chi connectivity index (χ1n) is 11.0. The highest BCUT2D eigenvalue weighted by Crippen LogP contribution is 2.23. The van der Waals surface area contributed by atoms with Crippen LogP contribution in [0, 0.1) is 6.92 Å². The van der Waals surface area contributed by atoms with Crippen LogP contribution in [0.25, 0.3) is 0 Å². The molecule has 0 bridgehead atoms. The van der Waals surface area contributed by atoms with Crippen molar-refractivity contribution in [1.29, 1.82) is 0 Å². The van der Waals surface area contributed by atoms with Gasteiger partial charge in [0.1, 0.15) is 18.2 Å². The largest absolute Gasteiger partial charge is 0.491 e. The van der Waals surface area contributed by atoms with Crippen LogP contribution in [0.5, 0.6) is 5.75 Å². The number of rotatable bonds is 9. The fourth-order valence-electron chi connectivity index (χ4n) is 3.54. The lowest BCUT2D eigenvalue weighted by Crippen LogP contribution is -2.37. The summed E-state index contributed by atoms with van der Waals surface area (Å²) in [7, 11) is 4.00. The van der Waals surface area contributed by atoms with Gasteiger partial charge in [0.15, 0.2) is 5.96 Å². The standard InChI is InChI=1S/C24H35N5O2.HI/c1-5-25-24(28-16-20-8-6-12-26-23(20)29(3)4)27-15-19-11-10-18(2)14-22(19)31-17-21-9-7-13-30-21;/h6,8,10-12,14,21H,5,7,9,13,15-17H2,1-4H3,(H2,25,27,28);1H. The molecule has 0 radical (unpaired) electrons. The lowest BCUT2D eigenvalue weighted by atomic mass is 10.1. The van der Waals surface area contributed by atoms with Gasteiger partial charge in [-0.3, -0.25) is 0 Å². The monoisotopic (exact) mass is 553 g/mol. The van der Waals surface area contributed by atoms with Gasteiger partial charge in [-0.15, -0.1) is 24.0 Å². The lowest BCUT2D eigenvalue weighted by Gasteiger charge is -2.18. The van der Waals surface area contributed by atoms with Crippen LogP contribution < -0.4 is 20.3 Å². The third kappa shape index (κ3) is 7.81. The molecule has 2 N–H and O–H groups in total. The number of aromatic nitrogens is 1. The number of nitrogens with one attached hydrogen (secondary N) is 2. The number of nitrogens with zero attached hydrogens (tertiary/aromatic N) is 3. The third-order valence-electron chi connectivity index (χ3n) is 5.16. The molecule has 0 spiro atoms. The van der Waals surface area contributed by atoms with E-state index in [0.717, 1.165) is 54.6 Å². The average Bonchev–Trinajstić information content (AvgIpc) is 3.29. The van der Waals surface area contributed by atoms with Crippen LogP contribution in [-0.4, -0.2) is 50.9 Å². The van der Waals surface area contributed by atoms with Crippen LogP contribution in [-0.2, 0) is 17.8 Å². The minimum atomic E-state index is 0. The van der Waals surface area contributed by atoms with Gasteiger partial charge in [-0.25, -0.2) is 9.98 Å². The molecule has 3 rings (SSSR count). The number of aliphatic imine (C=N–C) groups is 1. The minimum absolute atomic E-state index is 0. The smallest absolute Gasteiger partial charge is 0.191 e. The van der Waals surface area contributed by atoms with Crippen molar-refractivity contribution in [1.82, 2.24) is 15.6 Å². The van der Waals surface area contributed by atoms with Crippen LogP contribution in [0.2, 0.25) is 0 Å². The predicted octanol–water partition coefficient (Wildman–Crippen LogP) is 3.89. The first-order chi connectivity index (χ1) is 15.1. The van der Waals surface area contributed by atoms with Crippen LogP contribution in [0.3, 0.4) is 0 Å². The summed E-state index contributed by atoms with van der Waals surface area (Å²) < 4.78 is 11.8. The van der Waals surface area contributed by atoms with E-state index in [2.05, 4.69) is 53.7 Å². The molecule has 176 valence electrons. The van der Waals surface area contributed by atoms with E-state index in [4.69, 9.17) is 14.5 Å². The topological polar surface area (TPSA) is 71.0 Å². The van der Waals surface area contributed by atoms with Crippen molar-refractivity contribution in [3.63, 3.8) is 0 Å². The Balaban J connectivity index is 0.00000363. The molecule has 0 saturated carbocycles. The summed E-state index contributed by atoms with van der Waals surface area (Å²) in [6.45, 7) is 7.53. The van der Waals surface area contributed by atoms with E-state index in [0.29, 0.717) is 19.7 Å². The van der Waals surface area contributed by atoms with Crippen molar-refractivity contribution in [3.8, 4) is 5.75 Å². The molecule has 0 amide bonds. The van der Waals surface area contributed by atoms with Crippen molar-refractivity contribution >= 4 is 35.8 Å². The summed E-state index contributed by atoms with van der Waals surface area (Å²) in [4.78, 5) is 11.3. The van der Waals surface area contributed by atoms with Crippen molar-refractivity contribution in [3.05, 3.63) is 53.2 Å². The maximum Gasteiger partial charge on any atom is 0.191 e. The molecule has 1 aromatic heterocycles. The Morgan fingerprint density at radius 1 is 1.25 bits per heavy atom. The Hall–Kier alpha value is -2.07. The lowest BCUT2D eigenvalue weighted by molar-refractivity contribution is 0.0676. The molecule has 32 heavy (non-hydrogen) atoms. The van der Waals surface area contributed by atoms with E-state index in [1.54, 1.807) is 0 Å². The van der Waals surface area contributed by atoms with Crippen LogP contribution in [0.1, 0.15) is 36.5 Å². The quantitative estimate of drug-likeness (QED) is 0.279. The highest BCUT2D eigenvalue weighted by molar-refractivity contribution is 14.0. The third-order valence-corrected chi connectivity index (χ3v) is 5.16. The normalized spacial score (nSPS) is 15.8. The van der Waals surface area contributed by atoms with Gasteiger partial charge in [0.25, 0.3) is 0 Å². The van der Waals surface area contributed by atoms with E-state index in [-0.39, 0.29) is 30.1 Å². The van der Waals surface area contributed by atoms with E-state index in [1.807, 2.05) is 31.3 Å². The minimum Gasteiger partial charge on any atom is -0.491 e. The number of ether oxygens (including phenoxy) is 2. The van der Waals surface area contributed by atoms with E-state index >= 15 is 0 Å². The van der Waals surface area contributed by atoms with Crippen molar-refractivity contribution in [2.45, 2.75) is 45.9 Å². The van der Waals surface area contributed by atoms with Gasteiger partial charge < -0.3 is 25.0 Å². The Morgan fingerprint density at radius 2 is 2.09 bits per heavy atom. The summed E-state index contributed by atoms with van der Waals surface area (Å²) in [5, 5.41) is 6.74. The maximum absolute atomic E-state index is 6.12. The highest BCUT2D eigenvalue weighted by Gasteiger charge is 2.17. The molecule has 1 aromatic carbocycles. The Morgan fingerprint density at radius 3 is 2.81 bits per heavy atom. The number of hydrogen-bond donors (Lipinski definition) is 2. The number of guanidine groups is 1. The van der Waals surface area contributed by atoms with Crippen molar-refractivity contribution in [2.24, 2.45) is 4.99 Å². The summed E-state index contributed by atoms with van der Waals surface area (Å²) >= 11 is 0. The number of halogens is 1. The first-order valence-corrected chi connectivity index (χ1v) is 11.0. The SMILES string of the molecule is CCNC(=NCc1ccc(C)cc1OCC1CCCO1)NCc1cccnc1N(C)C.I. The van der Waals surface area contributed by atoms with Gasteiger partial charge in [-0.1, -0.05) is 18.2 Å². The van der Waals surface area contributed by atoms with Crippen LogP contribution >= 0.6 is 24.0 Å². The zero-order valence-corrected chi connectivity index (χ0v) is 21.9. The molecular weight excluding hydrogens is 517 g/mol. The number of benzene rings is 1. The van der Waals surface area contributed by atoms with Gasteiger partial charge in [-0.2, -0.15) is 0 Å². The molecule has 1 unspecified atom stereocenters. The number of anilines is 1. The summed E-state index contributed by atoms with van der Waals surface area (Å²) in [5.41, 5.74) is 3.36. The van der Waals surface area contributed by atoms with Gasteiger partial charge >= 0.3 is 0 Å². The van der Waals surface area contributed by atoms with E-state index in [1.165, 1.54) is 5.56 Å². The summed E-state index contributed by atoms with van der Waals surface area (Å²) in [6.07, 6.45) is 4.19. The molecule has 2 heterocycles. The molecular formula is C24H36IN5O2. The van der Waals surface area contributed by atoms with Crippen molar-refractivity contribution < 1.29 is 9.47 Å². The molecule has 1 saturated heterocycles. The Bertz CT molecular complexity index is 869. The predicted molar refractivity (Wildman–Crippen MR) is 141 cm³/mol. The van der Waals surface area contributed by atoms with Gasteiger partial charge in [-0.05, 0) is 44.4 Å². The van der Waals surface area contributed by atoms with Crippen LogP contribution in [0.4, 0.5) is 5.82 Å². The van der Waals surface area contributed by atoms with Gasteiger partial charge in [0.05, 0.1) is 12.6 Å². The van der Waals surface area contributed by atoms with Crippen molar-refractivity contribution in [2.75, 3.05) is 38.8 Å². The highest BCUT2D eigenvalue weighted by atomic mass is 127. The van der Waals surface area contributed by atoms with Gasteiger partial charge in [0, 0.05) is 51.1 Å². The van der Waals surface area contributed by atoms with Gasteiger partial charge in [0.2, 0.25) is 0 Å². The summed E-state index contributed by atoms with van der Waals surface area (Å²) in [6, 6.07) is 10.3. The molecule has 1 aliphatic heterocycles. The number of aryl methyl sites for hydroxylation is 1. The molecule has 1 atom stereocenters. The fraction of sp³-hybridized carbons (Fsp3) is 0.500. The molecule has 1 fully saturated rings. The molecule has 1 aliphatic rings. The average molecular weight is 553 g/mol. The molecule has 2 aromatic rings. The molecule has 0 aliphatic carbocycles. The Kier molecular flexibility index (Phi) is 11.0. The second-order valence-corrected chi connectivity index (χ2v) is 7.99. The summed E-state index contributed by atoms with van der Waals surface area (Å²) in [5.74, 6) is 2.60. The van der Waals surface area contributed by atoms with E-state index in [9.17, 15) is 0 Å². The number of pyridine rings is 1. The first kappa shape index (κ1) is 26.2. The second kappa shape index (κ2) is 13.5. The number of hydrogen-bond acceptors (Lipinski definition) is 5. The van der Waals surface area contributed by atoms with E-state index < -0.39 is 0 Å². The second-order valence-electron chi connectivity index (χ2n) is 7.99. The maximum atomic E-state index is 6.12. The zero-order valence-electron chi connectivity index (χ0n) is 19.6. The Labute approximate surface area is 209 Å². The molecule has 8 heteroatoms. The van der Waals surface area contributed by atoms with Crippen LogP contribution in [0.15, 0.2) is 41.5 Å². The zero-order chi connectivity index (χ0) is 22.1. The molecule has 7 nitrogen and oxygen atoms in total.